The van der Waals surface area contributed by atoms with E-state index in [4.69, 9.17) is 0 Å². The minimum atomic E-state index is -1.29. The second-order valence-electron chi connectivity index (χ2n) is 2.79. The maximum Gasteiger partial charge on any atom is 0.146 e. The first-order chi connectivity index (χ1) is 4.75. The zero-order valence-corrected chi connectivity index (χ0v) is 6.11. The monoisotopic (exact) mass is 149 g/mol. The van der Waals surface area contributed by atoms with Gasteiger partial charge >= 0.3 is 0 Å². The van der Waals surface area contributed by atoms with Crippen molar-refractivity contribution in [1.29, 1.82) is 0 Å². The minimum Gasteiger partial charge on any atom is -0.314 e. The van der Waals surface area contributed by atoms with E-state index in [0.29, 0.717) is 6.42 Å². The lowest BCUT2D eigenvalue weighted by Crippen LogP contribution is -2.43. The third kappa shape index (κ3) is 1.45. The Morgan fingerprint density at radius 3 is 2.50 bits per heavy atom. The molecule has 0 aliphatic heterocycles. The van der Waals surface area contributed by atoms with E-state index in [1.165, 1.54) is 0 Å². The SMILES string of the molecule is CNC1CCCC(F)C1F. The van der Waals surface area contributed by atoms with E-state index < -0.39 is 12.3 Å². The summed E-state index contributed by atoms with van der Waals surface area (Å²) in [6, 6.07) is -0.260. The van der Waals surface area contributed by atoms with Gasteiger partial charge in [0.15, 0.2) is 0 Å². The molecule has 0 radical (unpaired) electrons. The fourth-order valence-corrected chi connectivity index (χ4v) is 1.41. The van der Waals surface area contributed by atoms with Crippen molar-refractivity contribution in [2.75, 3.05) is 7.05 Å². The molecule has 60 valence electrons. The number of halogens is 2. The molecule has 1 aliphatic rings. The van der Waals surface area contributed by atoms with Crippen LogP contribution in [0.2, 0.25) is 0 Å². The molecule has 3 heteroatoms. The van der Waals surface area contributed by atoms with Crippen LogP contribution >= 0.6 is 0 Å². The van der Waals surface area contributed by atoms with E-state index in [1.54, 1.807) is 7.05 Å². The average Bonchev–Trinajstić information content (AvgIpc) is 1.95. The first-order valence-corrected chi connectivity index (χ1v) is 3.71. The molecule has 1 N–H and O–H groups in total. The maximum atomic E-state index is 12.8. The summed E-state index contributed by atoms with van der Waals surface area (Å²) in [5.41, 5.74) is 0. The molecule has 0 bridgehead atoms. The summed E-state index contributed by atoms with van der Waals surface area (Å²) in [5, 5.41) is 2.77. The number of alkyl halides is 2. The third-order valence-corrected chi connectivity index (χ3v) is 2.10. The number of hydrogen-bond donors (Lipinski definition) is 1. The molecule has 0 amide bonds. The van der Waals surface area contributed by atoms with Gasteiger partial charge in [0.25, 0.3) is 0 Å². The first-order valence-electron chi connectivity index (χ1n) is 3.71. The van der Waals surface area contributed by atoms with E-state index in [-0.39, 0.29) is 6.04 Å². The fourth-order valence-electron chi connectivity index (χ4n) is 1.41. The van der Waals surface area contributed by atoms with Crippen molar-refractivity contribution >= 4 is 0 Å². The molecule has 10 heavy (non-hydrogen) atoms. The molecule has 3 atom stereocenters. The lowest BCUT2D eigenvalue weighted by molar-refractivity contribution is 0.0891. The smallest absolute Gasteiger partial charge is 0.146 e. The summed E-state index contributed by atoms with van der Waals surface area (Å²) in [6.07, 6.45) is -0.588. The largest absolute Gasteiger partial charge is 0.314 e. The second-order valence-corrected chi connectivity index (χ2v) is 2.79. The molecule has 3 unspecified atom stereocenters. The highest BCUT2D eigenvalue weighted by Crippen LogP contribution is 2.23. The minimum absolute atomic E-state index is 0.260. The van der Waals surface area contributed by atoms with E-state index in [2.05, 4.69) is 5.32 Å². The Labute approximate surface area is 59.8 Å². The van der Waals surface area contributed by atoms with Crippen LogP contribution < -0.4 is 5.32 Å². The quantitative estimate of drug-likeness (QED) is 0.594. The van der Waals surface area contributed by atoms with Crippen LogP contribution in [-0.4, -0.2) is 25.4 Å². The molecular formula is C7H13F2N. The van der Waals surface area contributed by atoms with E-state index in [0.717, 1.165) is 12.8 Å². The Hall–Kier alpha value is -0.180. The lowest BCUT2D eigenvalue weighted by atomic mass is 9.92. The van der Waals surface area contributed by atoms with Gasteiger partial charge in [-0.1, -0.05) is 0 Å². The Balaban J connectivity index is 2.42. The molecule has 1 saturated carbocycles. The van der Waals surface area contributed by atoms with Gasteiger partial charge in [-0.05, 0) is 26.3 Å². The van der Waals surface area contributed by atoms with Crippen molar-refractivity contribution in [3.8, 4) is 0 Å². The van der Waals surface area contributed by atoms with Gasteiger partial charge in [0, 0.05) is 6.04 Å². The first kappa shape index (κ1) is 7.92. The molecule has 0 aromatic rings. The average molecular weight is 149 g/mol. The molecule has 1 aliphatic carbocycles. The number of hydrogen-bond acceptors (Lipinski definition) is 1. The molecule has 1 fully saturated rings. The predicted octanol–water partition coefficient (Wildman–Crippen LogP) is 1.43. The summed E-state index contributed by atoms with van der Waals surface area (Å²) in [5.74, 6) is 0. The normalized spacial score (nSPS) is 41.7. The summed E-state index contributed by atoms with van der Waals surface area (Å²) in [7, 11) is 1.68. The second kappa shape index (κ2) is 3.28. The summed E-state index contributed by atoms with van der Waals surface area (Å²) < 4.78 is 25.4. The van der Waals surface area contributed by atoms with Gasteiger partial charge in [0.05, 0.1) is 0 Å². The van der Waals surface area contributed by atoms with E-state index in [1.807, 2.05) is 0 Å². The van der Waals surface area contributed by atoms with Crippen molar-refractivity contribution in [2.24, 2.45) is 0 Å². The van der Waals surface area contributed by atoms with E-state index in [9.17, 15) is 8.78 Å². The zero-order valence-electron chi connectivity index (χ0n) is 6.11. The van der Waals surface area contributed by atoms with Crippen molar-refractivity contribution in [2.45, 2.75) is 37.6 Å². The molecule has 0 aromatic heterocycles. The Morgan fingerprint density at radius 2 is 2.00 bits per heavy atom. The highest BCUT2D eigenvalue weighted by Gasteiger charge is 2.32. The highest BCUT2D eigenvalue weighted by molar-refractivity contribution is 4.85. The number of nitrogens with one attached hydrogen (secondary N) is 1. The molecule has 1 nitrogen and oxygen atoms in total. The van der Waals surface area contributed by atoms with Crippen LogP contribution in [0.15, 0.2) is 0 Å². The molecule has 0 spiro atoms. The fraction of sp³-hybridized carbons (Fsp3) is 1.00. The number of rotatable bonds is 1. The van der Waals surface area contributed by atoms with Gasteiger partial charge in [0.2, 0.25) is 0 Å². The van der Waals surface area contributed by atoms with Crippen molar-refractivity contribution < 1.29 is 8.78 Å². The van der Waals surface area contributed by atoms with Gasteiger partial charge in [-0.25, -0.2) is 8.78 Å². The summed E-state index contributed by atoms with van der Waals surface area (Å²) >= 11 is 0. The zero-order chi connectivity index (χ0) is 7.56. The Kier molecular flexibility index (Phi) is 2.60. The molecule has 0 saturated heterocycles. The van der Waals surface area contributed by atoms with Crippen molar-refractivity contribution in [3.05, 3.63) is 0 Å². The van der Waals surface area contributed by atoms with Crippen LogP contribution in [0.3, 0.4) is 0 Å². The molecule has 1 rings (SSSR count). The molecule has 0 aromatic carbocycles. The van der Waals surface area contributed by atoms with Gasteiger partial charge in [-0.2, -0.15) is 0 Å². The standard InChI is InChI=1S/C7H13F2N/c1-10-6-4-2-3-5(8)7(6)9/h5-7,10H,2-4H2,1H3. The van der Waals surface area contributed by atoms with Crippen molar-refractivity contribution in [1.82, 2.24) is 5.32 Å². The van der Waals surface area contributed by atoms with Gasteiger partial charge in [-0.3, -0.25) is 0 Å². The van der Waals surface area contributed by atoms with Gasteiger partial charge in [-0.15, -0.1) is 0 Å². The maximum absolute atomic E-state index is 12.8. The van der Waals surface area contributed by atoms with Crippen LogP contribution in [0.1, 0.15) is 19.3 Å². The van der Waals surface area contributed by atoms with Crippen molar-refractivity contribution in [3.63, 3.8) is 0 Å². The van der Waals surface area contributed by atoms with Crippen LogP contribution in [0.4, 0.5) is 8.78 Å². The predicted molar refractivity (Wildman–Crippen MR) is 36.5 cm³/mol. The summed E-state index contributed by atoms with van der Waals surface area (Å²) in [4.78, 5) is 0. The van der Waals surface area contributed by atoms with E-state index >= 15 is 0 Å². The van der Waals surface area contributed by atoms with Crippen LogP contribution in [0, 0.1) is 0 Å². The Bertz CT molecular complexity index is 108. The lowest BCUT2D eigenvalue weighted by Gasteiger charge is -2.28. The van der Waals surface area contributed by atoms with Crippen LogP contribution in [0.5, 0.6) is 0 Å². The highest BCUT2D eigenvalue weighted by atomic mass is 19.2. The van der Waals surface area contributed by atoms with Gasteiger partial charge in [0.1, 0.15) is 12.3 Å². The van der Waals surface area contributed by atoms with Crippen LogP contribution in [0.25, 0.3) is 0 Å². The van der Waals surface area contributed by atoms with Crippen LogP contribution in [-0.2, 0) is 0 Å². The topological polar surface area (TPSA) is 12.0 Å². The third-order valence-electron chi connectivity index (χ3n) is 2.10. The molecular weight excluding hydrogens is 136 g/mol. The molecule has 0 heterocycles. The summed E-state index contributed by atoms with van der Waals surface area (Å²) in [6.45, 7) is 0. The van der Waals surface area contributed by atoms with Gasteiger partial charge < -0.3 is 5.32 Å². The Morgan fingerprint density at radius 1 is 1.30 bits per heavy atom.